The molecule has 78 valence electrons. The molecule has 15 heavy (non-hydrogen) atoms. The molecule has 0 N–H and O–H groups in total. The van der Waals surface area contributed by atoms with Gasteiger partial charge >= 0.3 is 0 Å². The van der Waals surface area contributed by atoms with E-state index in [-0.39, 0.29) is 11.8 Å². The Morgan fingerprint density at radius 2 is 1.40 bits per heavy atom. The van der Waals surface area contributed by atoms with Gasteiger partial charge in [0.05, 0.1) is 11.8 Å². The molecule has 0 heterocycles. The maximum absolute atomic E-state index is 5.63. The van der Waals surface area contributed by atoms with Crippen molar-refractivity contribution in [1.82, 2.24) is 0 Å². The smallest absolute Gasteiger partial charge is 0.188 e. The molecule has 0 saturated carbocycles. The van der Waals surface area contributed by atoms with Crippen molar-refractivity contribution in [3.63, 3.8) is 0 Å². The van der Waals surface area contributed by atoms with Crippen LogP contribution in [0.5, 0.6) is 0 Å². The summed E-state index contributed by atoms with van der Waals surface area (Å²) < 4.78 is 11.3. The Balaban J connectivity index is 2.17. The summed E-state index contributed by atoms with van der Waals surface area (Å²) in [4.78, 5) is 0. The van der Waals surface area contributed by atoms with Crippen molar-refractivity contribution in [2.45, 2.75) is 17.6 Å². The molecule has 0 aromatic heterocycles. The van der Waals surface area contributed by atoms with Gasteiger partial charge in [-0.1, -0.05) is 36.4 Å². The van der Waals surface area contributed by atoms with Gasteiger partial charge in [-0.2, -0.15) is 0 Å². The van der Waals surface area contributed by atoms with E-state index in [0.717, 1.165) is 0 Å². The topological polar surface area (TPSA) is 18.5 Å². The molecule has 2 aliphatic rings. The molecule has 0 aliphatic heterocycles. The van der Waals surface area contributed by atoms with Crippen LogP contribution in [0.15, 0.2) is 36.4 Å². The minimum Gasteiger partial charge on any atom is -0.351 e. The van der Waals surface area contributed by atoms with E-state index < -0.39 is 5.79 Å². The van der Waals surface area contributed by atoms with Crippen molar-refractivity contribution in [2.24, 2.45) is 0 Å². The number of rotatable bonds is 2. The number of ether oxygens (including phenoxy) is 2. The lowest BCUT2D eigenvalue weighted by atomic mass is 9.97. The van der Waals surface area contributed by atoms with Gasteiger partial charge in [-0.25, -0.2) is 0 Å². The summed E-state index contributed by atoms with van der Waals surface area (Å²) in [5.74, 6) is -0.00801. The van der Waals surface area contributed by atoms with Gasteiger partial charge in [0.15, 0.2) is 5.79 Å². The maximum atomic E-state index is 5.63. The minimum absolute atomic E-state index is 0.244. The summed E-state index contributed by atoms with van der Waals surface area (Å²) in [7, 11) is 3.45. The van der Waals surface area contributed by atoms with E-state index in [1.165, 1.54) is 11.1 Å². The second-order valence-corrected chi connectivity index (χ2v) is 4.10. The summed E-state index contributed by atoms with van der Waals surface area (Å²) in [5.41, 5.74) is 2.68. The van der Waals surface area contributed by atoms with E-state index in [9.17, 15) is 0 Å². The van der Waals surface area contributed by atoms with Crippen molar-refractivity contribution in [3.8, 4) is 0 Å². The van der Waals surface area contributed by atoms with Gasteiger partial charge < -0.3 is 9.47 Å². The first-order valence-corrected chi connectivity index (χ1v) is 5.21. The van der Waals surface area contributed by atoms with Crippen molar-refractivity contribution < 1.29 is 9.47 Å². The molecule has 2 unspecified atom stereocenters. The van der Waals surface area contributed by atoms with Crippen LogP contribution in [0.3, 0.4) is 0 Å². The number of hydrogen-bond acceptors (Lipinski definition) is 2. The normalized spacial score (nSPS) is 29.5. The van der Waals surface area contributed by atoms with Crippen LogP contribution in [0.1, 0.15) is 23.0 Å². The highest BCUT2D eigenvalue weighted by Gasteiger charge is 2.55. The average Bonchev–Trinajstić information content (AvgIpc) is 2.80. The number of fused-ring (bicyclic) bond motifs is 5. The van der Waals surface area contributed by atoms with Gasteiger partial charge in [-0.05, 0) is 11.1 Å². The van der Waals surface area contributed by atoms with Crippen LogP contribution >= 0.6 is 0 Å². The Bertz CT molecular complexity index is 383. The highest BCUT2D eigenvalue weighted by molar-refractivity contribution is 5.52. The molecule has 1 aromatic rings. The second-order valence-electron chi connectivity index (χ2n) is 4.10. The fourth-order valence-electron chi connectivity index (χ4n) is 2.99. The fourth-order valence-corrected chi connectivity index (χ4v) is 2.99. The third-order valence-corrected chi connectivity index (χ3v) is 3.67. The van der Waals surface area contributed by atoms with Crippen LogP contribution in [0.2, 0.25) is 0 Å². The molecule has 0 fully saturated rings. The average molecular weight is 202 g/mol. The molecule has 1 aromatic carbocycles. The molecule has 0 spiro atoms. The Labute approximate surface area is 89.5 Å². The van der Waals surface area contributed by atoms with Crippen LogP contribution < -0.4 is 0 Å². The molecule has 2 nitrogen and oxygen atoms in total. The van der Waals surface area contributed by atoms with Gasteiger partial charge in [0, 0.05) is 14.2 Å². The summed E-state index contributed by atoms with van der Waals surface area (Å²) >= 11 is 0. The Morgan fingerprint density at radius 3 is 1.80 bits per heavy atom. The highest BCUT2D eigenvalue weighted by Crippen LogP contribution is 2.57. The third-order valence-electron chi connectivity index (χ3n) is 3.67. The van der Waals surface area contributed by atoms with Crippen LogP contribution in [-0.2, 0) is 9.47 Å². The quantitative estimate of drug-likeness (QED) is 0.541. The lowest BCUT2D eigenvalue weighted by Crippen LogP contribution is -2.37. The monoisotopic (exact) mass is 202 g/mol. The van der Waals surface area contributed by atoms with E-state index in [0.29, 0.717) is 0 Å². The maximum Gasteiger partial charge on any atom is 0.188 e. The van der Waals surface area contributed by atoms with Gasteiger partial charge in [-0.15, -0.1) is 0 Å². The van der Waals surface area contributed by atoms with Crippen molar-refractivity contribution in [1.29, 1.82) is 0 Å². The summed E-state index contributed by atoms with van der Waals surface area (Å²) in [6, 6.07) is 8.47. The molecular formula is C13H14O2. The van der Waals surface area contributed by atoms with Crippen LogP contribution in [0.4, 0.5) is 0 Å². The molecule has 2 bridgehead atoms. The molecule has 2 aliphatic carbocycles. The standard InChI is InChI=1S/C13H14O2/c1-14-13(15-2)11-7-8-12(13)10-6-4-3-5-9(10)11/h3-8,11-12H,1-2H3. The van der Waals surface area contributed by atoms with Crippen LogP contribution in [0.25, 0.3) is 0 Å². The number of methoxy groups -OCH3 is 2. The van der Waals surface area contributed by atoms with Crippen LogP contribution in [-0.4, -0.2) is 20.0 Å². The van der Waals surface area contributed by atoms with Gasteiger partial charge in [0.2, 0.25) is 0 Å². The predicted octanol–water partition coefficient (Wildman–Crippen LogP) is 2.43. The van der Waals surface area contributed by atoms with Gasteiger partial charge in [0.25, 0.3) is 0 Å². The molecule has 2 atom stereocenters. The zero-order chi connectivity index (χ0) is 10.5. The minimum atomic E-state index is -0.496. The fraction of sp³-hybridized carbons (Fsp3) is 0.385. The van der Waals surface area contributed by atoms with E-state index >= 15 is 0 Å². The highest BCUT2D eigenvalue weighted by atomic mass is 16.7. The zero-order valence-electron chi connectivity index (χ0n) is 8.94. The lowest BCUT2D eigenvalue weighted by molar-refractivity contribution is -0.210. The number of benzene rings is 1. The van der Waals surface area contributed by atoms with Crippen LogP contribution in [0, 0.1) is 0 Å². The lowest BCUT2D eigenvalue weighted by Gasteiger charge is -2.31. The second kappa shape index (κ2) is 2.94. The SMILES string of the molecule is COC1(OC)C2C=CC1c1ccccc12. The van der Waals surface area contributed by atoms with Gasteiger partial charge in [0.1, 0.15) is 0 Å². The summed E-state index contributed by atoms with van der Waals surface area (Å²) in [6.45, 7) is 0. The first-order valence-electron chi connectivity index (χ1n) is 5.21. The van der Waals surface area contributed by atoms with Gasteiger partial charge in [-0.3, -0.25) is 0 Å². The largest absolute Gasteiger partial charge is 0.351 e. The Hall–Kier alpha value is -1.12. The van der Waals surface area contributed by atoms with E-state index in [1.54, 1.807) is 14.2 Å². The summed E-state index contributed by atoms with van der Waals surface area (Å²) in [6.07, 6.45) is 4.39. The first-order chi connectivity index (χ1) is 7.33. The molecule has 0 radical (unpaired) electrons. The van der Waals surface area contributed by atoms with E-state index in [1.807, 2.05) is 0 Å². The van der Waals surface area contributed by atoms with Crippen molar-refractivity contribution in [3.05, 3.63) is 47.5 Å². The molecular weight excluding hydrogens is 188 g/mol. The molecule has 2 heteroatoms. The van der Waals surface area contributed by atoms with Crippen molar-refractivity contribution >= 4 is 0 Å². The third kappa shape index (κ3) is 0.912. The van der Waals surface area contributed by atoms with E-state index in [4.69, 9.17) is 9.47 Å². The zero-order valence-corrected chi connectivity index (χ0v) is 8.94. The molecule has 3 rings (SSSR count). The number of hydrogen-bond donors (Lipinski definition) is 0. The van der Waals surface area contributed by atoms with Crippen molar-refractivity contribution in [2.75, 3.05) is 14.2 Å². The molecule has 0 saturated heterocycles. The Morgan fingerprint density at radius 1 is 0.933 bits per heavy atom. The Kier molecular flexibility index (Phi) is 1.79. The molecule has 0 amide bonds. The first kappa shape index (κ1) is 9.13. The summed E-state index contributed by atoms with van der Waals surface area (Å²) in [5, 5.41) is 0. The predicted molar refractivity (Wildman–Crippen MR) is 57.8 cm³/mol. The van der Waals surface area contributed by atoms with E-state index in [2.05, 4.69) is 36.4 Å².